The first-order valence-corrected chi connectivity index (χ1v) is 8.95. The number of hydrogen-bond acceptors (Lipinski definition) is 5. The van der Waals surface area contributed by atoms with Gasteiger partial charge in [0.15, 0.2) is 6.61 Å². The maximum Gasteiger partial charge on any atom is 0.351 e. The van der Waals surface area contributed by atoms with Gasteiger partial charge >= 0.3 is 11.6 Å². The van der Waals surface area contributed by atoms with Crippen LogP contribution in [0.25, 0.3) is 11.0 Å². The van der Waals surface area contributed by atoms with Crippen molar-refractivity contribution in [1.82, 2.24) is 5.32 Å². The van der Waals surface area contributed by atoms with Crippen LogP contribution in [0.3, 0.4) is 0 Å². The molecule has 0 aliphatic heterocycles. The summed E-state index contributed by atoms with van der Waals surface area (Å²) in [4.78, 5) is 36.2. The van der Waals surface area contributed by atoms with Crippen molar-refractivity contribution in [2.75, 3.05) is 6.61 Å². The molecule has 26 heavy (non-hydrogen) atoms. The van der Waals surface area contributed by atoms with Gasteiger partial charge in [0.25, 0.3) is 5.91 Å². The summed E-state index contributed by atoms with van der Waals surface area (Å²) in [6.07, 6.45) is 3.17. The smallest absolute Gasteiger partial charge is 0.351 e. The molecule has 0 radical (unpaired) electrons. The second kappa shape index (κ2) is 7.72. The summed E-state index contributed by atoms with van der Waals surface area (Å²) < 4.78 is 10.1. The van der Waals surface area contributed by atoms with E-state index in [2.05, 4.69) is 19.2 Å². The highest BCUT2D eigenvalue weighted by Gasteiger charge is 2.28. The Morgan fingerprint density at radius 3 is 2.81 bits per heavy atom. The Morgan fingerprint density at radius 2 is 2.00 bits per heavy atom. The standard InChI is InChI=1S/C20H23NO5/c1-12-6-5-8-16(13(12)2)21-18(22)11-25-19(23)15-10-14-7-3-4-9-17(14)26-20(15)24/h3-4,7,9-10,12-13,16H,5-6,8,11H2,1-2H3,(H,21,22)/t12-,13+,16+/m0/s1. The van der Waals surface area contributed by atoms with E-state index in [1.807, 2.05) is 0 Å². The van der Waals surface area contributed by atoms with Gasteiger partial charge in [0.05, 0.1) is 0 Å². The fraction of sp³-hybridized carbons (Fsp3) is 0.450. The average molecular weight is 357 g/mol. The molecule has 1 saturated carbocycles. The summed E-state index contributed by atoms with van der Waals surface area (Å²) >= 11 is 0. The van der Waals surface area contributed by atoms with E-state index in [9.17, 15) is 14.4 Å². The largest absolute Gasteiger partial charge is 0.452 e. The number of carbonyl (C=O) groups excluding carboxylic acids is 2. The van der Waals surface area contributed by atoms with Crippen LogP contribution in [0, 0.1) is 11.8 Å². The molecule has 6 heteroatoms. The molecule has 6 nitrogen and oxygen atoms in total. The molecule has 0 saturated heterocycles. The number of nitrogens with one attached hydrogen (secondary N) is 1. The summed E-state index contributed by atoms with van der Waals surface area (Å²) in [5.41, 5.74) is -0.591. The van der Waals surface area contributed by atoms with Gasteiger partial charge in [0, 0.05) is 11.4 Å². The molecule has 0 spiro atoms. The second-order valence-electron chi connectivity index (χ2n) is 7.00. The molecule has 1 aliphatic rings. The van der Waals surface area contributed by atoms with Crippen molar-refractivity contribution in [1.29, 1.82) is 0 Å². The lowest BCUT2D eigenvalue weighted by Crippen LogP contribution is -2.45. The van der Waals surface area contributed by atoms with Crippen LogP contribution in [0.2, 0.25) is 0 Å². The molecule has 1 aliphatic carbocycles. The molecule has 3 rings (SSSR count). The highest BCUT2D eigenvalue weighted by molar-refractivity contribution is 5.94. The Morgan fingerprint density at radius 1 is 1.23 bits per heavy atom. The van der Waals surface area contributed by atoms with Gasteiger partial charge in [-0.3, -0.25) is 4.79 Å². The number of ether oxygens (including phenoxy) is 1. The Kier molecular flexibility index (Phi) is 5.40. The Bertz CT molecular complexity index is 872. The van der Waals surface area contributed by atoms with Crippen molar-refractivity contribution in [2.24, 2.45) is 11.8 Å². The van der Waals surface area contributed by atoms with Crippen molar-refractivity contribution >= 4 is 22.8 Å². The lowest BCUT2D eigenvalue weighted by Gasteiger charge is -2.34. The van der Waals surface area contributed by atoms with Gasteiger partial charge in [0.1, 0.15) is 11.1 Å². The molecular formula is C20H23NO5. The van der Waals surface area contributed by atoms with Gasteiger partial charge < -0.3 is 14.5 Å². The number of esters is 1. The topological polar surface area (TPSA) is 85.6 Å². The minimum Gasteiger partial charge on any atom is -0.452 e. The molecule has 2 aromatic rings. The summed E-state index contributed by atoms with van der Waals surface area (Å²) in [6.45, 7) is 3.89. The highest BCUT2D eigenvalue weighted by Crippen LogP contribution is 2.29. The molecule has 1 aromatic heterocycles. The Balaban J connectivity index is 1.61. The van der Waals surface area contributed by atoms with Crippen molar-refractivity contribution in [3.8, 4) is 0 Å². The third-order valence-electron chi connectivity index (χ3n) is 5.25. The van der Waals surface area contributed by atoms with Crippen LogP contribution in [0.4, 0.5) is 0 Å². The normalized spacial score (nSPS) is 22.8. The molecule has 1 amide bonds. The van der Waals surface area contributed by atoms with Crippen molar-refractivity contribution in [3.05, 3.63) is 46.3 Å². The molecule has 3 atom stereocenters. The van der Waals surface area contributed by atoms with E-state index in [0.717, 1.165) is 12.8 Å². The van der Waals surface area contributed by atoms with Crippen LogP contribution in [0.5, 0.6) is 0 Å². The summed E-state index contributed by atoms with van der Waals surface area (Å²) in [5.74, 6) is -0.269. The minimum absolute atomic E-state index is 0.0932. The lowest BCUT2D eigenvalue weighted by molar-refractivity contribution is -0.125. The Hall–Kier alpha value is -2.63. The summed E-state index contributed by atoms with van der Waals surface area (Å²) in [6, 6.07) is 8.40. The van der Waals surface area contributed by atoms with Crippen LogP contribution in [-0.2, 0) is 9.53 Å². The third kappa shape index (κ3) is 3.95. The number of carbonyl (C=O) groups is 2. The zero-order valence-corrected chi connectivity index (χ0v) is 15.0. The van der Waals surface area contributed by atoms with Crippen LogP contribution in [0.1, 0.15) is 43.5 Å². The van der Waals surface area contributed by atoms with E-state index < -0.39 is 18.2 Å². The fourth-order valence-electron chi connectivity index (χ4n) is 3.45. The van der Waals surface area contributed by atoms with Gasteiger partial charge in [-0.2, -0.15) is 0 Å². The van der Waals surface area contributed by atoms with Gasteiger partial charge in [0.2, 0.25) is 0 Å². The van der Waals surface area contributed by atoms with Crippen LogP contribution in [0.15, 0.2) is 39.5 Å². The van der Waals surface area contributed by atoms with E-state index in [1.165, 1.54) is 12.5 Å². The molecule has 1 N–H and O–H groups in total. The number of hydrogen-bond donors (Lipinski definition) is 1. The first kappa shape index (κ1) is 18.2. The number of benzene rings is 1. The van der Waals surface area contributed by atoms with Gasteiger partial charge in [-0.1, -0.05) is 44.9 Å². The molecule has 1 fully saturated rings. The number of rotatable bonds is 4. The zero-order chi connectivity index (χ0) is 18.7. The van der Waals surface area contributed by atoms with E-state index in [0.29, 0.717) is 22.8 Å². The maximum absolute atomic E-state index is 12.2. The summed E-state index contributed by atoms with van der Waals surface area (Å²) in [5, 5.41) is 3.55. The zero-order valence-electron chi connectivity index (χ0n) is 15.0. The van der Waals surface area contributed by atoms with E-state index in [1.54, 1.807) is 24.3 Å². The molecule has 1 aromatic carbocycles. The monoisotopic (exact) mass is 357 g/mol. The maximum atomic E-state index is 12.2. The Labute approximate surface area is 151 Å². The number of fused-ring (bicyclic) bond motifs is 1. The van der Waals surface area contributed by atoms with E-state index >= 15 is 0 Å². The summed E-state index contributed by atoms with van der Waals surface area (Å²) in [7, 11) is 0. The quantitative estimate of drug-likeness (QED) is 0.672. The second-order valence-corrected chi connectivity index (χ2v) is 7.00. The van der Waals surface area contributed by atoms with E-state index in [-0.39, 0.29) is 17.5 Å². The van der Waals surface area contributed by atoms with Crippen LogP contribution in [-0.4, -0.2) is 24.5 Å². The molecule has 0 unspecified atom stereocenters. The number of amides is 1. The van der Waals surface area contributed by atoms with Crippen LogP contribution >= 0.6 is 0 Å². The predicted octanol–water partition coefficient (Wildman–Crippen LogP) is 2.89. The third-order valence-corrected chi connectivity index (χ3v) is 5.25. The average Bonchev–Trinajstić information content (AvgIpc) is 2.63. The number of para-hydroxylation sites is 1. The minimum atomic E-state index is -0.857. The van der Waals surface area contributed by atoms with Crippen LogP contribution < -0.4 is 10.9 Å². The fourth-order valence-corrected chi connectivity index (χ4v) is 3.45. The SMILES string of the molecule is C[C@@H]1[C@@H](C)CCC[C@H]1NC(=O)COC(=O)c1cc2ccccc2oc1=O. The highest BCUT2D eigenvalue weighted by atomic mass is 16.5. The molecule has 138 valence electrons. The van der Waals surface area contributed by atoms with Crippen molar-refractivity contribution in [2.45, 2.75) is 39.2 Å². The predicted molar refractivity (Wildman–Crippen MR) is 96.9 cm³/mol. The van der Waals surface area contributed by atoms with Gasteiger partial charge in [-0.25, -0.2) is 9.59 Å². The molecular weight excluding hydrogens is 334 g/mol. The lowest BCUT2D eigenvalue weighted by atomic mass is 9.78. The molecule has 1 heterocycles. The molecule has 0 bridgehead atoms. The first-order chi connectivity index (χ1) is 12.5. The van der Waals surface area contributed by atoms with Crippen molar-refractivity contribution in [3.63, 3.8) is 0 Å². The van der Waals surface area contributed by atoms with Gasteiger partial charge in [-0.05, 0) is 30.4 Å². The first-order valence-electron chi connectivity index (χ1n) is 8.95. The van der Waals surface area contributed by atoms with Gasteiger partial charge in [-0.15, -0.1) is 0 Å². The van der Waals surface area contributed by atoms with Crippen molar-refractivity contribution < 1.29 is 18.7 Å². The van der Waals surface area contributed by atoms with E-state index in [4.69, 9.17) is 9.15 Å².